The number of pyridine rings is 1. The lowest BCUT2D eigenvalue weighted by atomic mass is 10.1. The summed E-state index contributed by atoms with van der Waals surface area (Å²) in [4.78, 5) is 21.3. The van der Waals surface area contributed by atoms with Crippen molar-refractivity contribution in [3.63, 3.8) is 0 Å². The van der Waals surface area contributed by atoms with Gasteiger partial charge in [-0.25, -0.2) is 4.98 Å². The highest BCUT2D eigenvalue weighted by Crippen LogP contribution is 2.32. The maximum Gasteiger partial charge on any atom is 0.255 e. The van der Waals surface area contributed by atoms with Crippen molar-refractivity contribution in [2.45, 2.75) is 20.0 Å². The zero-order valence-corrected chi connectivity index (χ0v) is 16.9. The second-order valence-corrected chi connectivity index (χ2v) is 6.93. The predicted octanol–water partition coefficient (Wildman–Crippen LogP) is 4.94. The van der Waals surface area contributed by atoms with Gasteiger partial charge < -0.3 is 19.2 Å². The second kappa shape index (κ2) is 8.24. The van der Waals surface area contributed by atoms with Crippen LogP contribution < -0.4 is 14.8 Å². The van der Waals surface area contributed by atoms with E-state index in [2.05, 4.69) is 15.3 Å². The molecule has 0 bridgehead atoms. The number of anilines is 1. The van der Waals surface area contributed by atoms with Gasteiger partial charge in [0.2, 0.25) is 5.89 Å². The van der Waals surface area contributed by atoms with E-state index in [0.29, 0.717) is 45.3 Å². The normalized spacial score (nSPS) is 10.9. The van der Waals surface area contributed by atoms with Crippen LogP contribution in [0.2, 0.25) is 0 Å². The summed E-state index contributed by atoms with van der Waals surface area (Å²) < 4.78 is 16.9. The van der Waals surface area contributed by atoms with Crippen molar-refractivity contribution in [3.05, 3.63) is 66.5 Å². The van der Waals surface area contributed by atoms with Gasteiger partial charge in [-0.1, -0.05) is 6.07 Å². The monoisotopic (exact) mass is 403 g/mol. The molecule has 0 spiro atoms. The molecule has 0 aliphatic heterocycles. The molecule has 0 atom stereocenters. The molecule has 152 valence electrons. The van der Waals surface area contributed by atoms with E-state index < -0.39 is 0 Å². The van der Waals surface area contributed by atoms with Gasteiger partial charge in [-0.2, -0.15) is 0 Å². The van der Waals surface area contributed by atoms with Gasteiger partial charge in [0.1, 0.15) is 17.0 Å². The van der Waals surface area contributed by atoms with Crippen LogP contribution in [-0.2, 0) is 0 Å². The fourth-order valence-electron chi connectivity index (χ4n) is 3.02. The molecule has 2 aromatic heterocycles. The predicted molar refractivity (Wildman–Crippen MR) is 114 cm³/mol. The zero-order chi connectivity index (χ0) is 21.1. The third kappa shape index (κ3) is 4.10. The molecule has 30 heavy (non-hydrogen) atoms. The summed E-state index contributed by atoms with van der Waals surface area (Å²) in [5.74, 6) is 1.32. The quantitative estimate of drug-likeness (QED) is 0.491. The largest absolute Gasteiger partial charge is 0.495 e. The molecule has 4 rings (SSSR count). The minimum Gasteiger partial charge on any atom is -0.495 e. The Hall–Kier alpha value is -3.87. The average molecular weight is 403 g/mol. The van der Waals surface area contributed by atoms with E-state index in [1.165, 1.54) is 0 Å². The van der Waals surface area contributed by atoms with Gasteiger partial charge in [-0.15, -0.1) is 0 Å². The summed E-state index contributed by atoms with van der Waals surface area (Å²) in [6.45, 7) is 3.87. The molecule has 0 unspecified atom stereocenters. The number of nitrogens with zero attached hydrogens (tertiary/aromatic N) is 2. The molecule has 0 saturated heterocycles. The summed E-state index contributed by atoms with van der Waals surface area (Å²) in [5.41, 5.74) is 3.00. The Morgan fingerprint density at radius 2 is 2.00 bits per heavy atom. The molecule has 7 heteroatoms. The molecule has 1 N–H and O–H groups in total. The molecule has 7 nitrogen and oxygen atoms in total. The fourth-order valence-corrected chi connectivity index (χ4v) is 3.02. The maximum absolute atomic E-state index is 12.8. The van der Waals surface area contributed by atoms with Crippen molar-refractivity contribution in [1.82, 2.24) is 9.97 Å². The molecule has 0 saturated carbocycles. The summed E-state index contributed by atoms with van der Waals surface area (Å²) >= 11 is 0. The Bertz CT molecular complexity index is 1170. The Morgan fingerprint density at radius 3 is 2.77 bits per heavy atom. The van der Waals surface area contributed by atoms with E-state index >= 15 is 0 Å². The van der Waals surface area contributed by atoms with Gasteiger partial charge >= 0.3 is 0 Å². The van der Waals surface area contributed by atoms with Crippen LogP contribution in [0.4, 0.5) is 5.69 Å². The lowest BCUT2D eigenvalue weighted by molar-refractivity contribution is 0.102. The molecule has 0 aliphatic carbocycles. The summed E-state index contributed by atoms with van der Waals surface area (Å²) in [6.07, 6.45) is 3.31. The first-order valence-electron chi connectivity index (χ1n) is 9.50. The highest BCUT2D eigenvalue weighted by Gasteiger charge is 2.15. The number of hydrogen-bond acceptors (Lipinski definition) is 6. The topological polar surface area (TPSA) is 86.5 Å². The number of amides is 1. The molecular weight excluding hydrogens is 382 g/mol. The first-order chi connectivity index (χ1) is 14.5. The molecule has 2 heterocycles. The van der Waals surface area contributed by atoms with Crippen molar-refractivity contribution < 1.29 is 18.7 Å². The van der Waals surface area contributed by atoms with E-state index in [-0.39, 0.29) is 12.0 Å². The number of methoxy groups -OCH3 is 1. The first-order valence-corrected chi connectivity index (χ1v) is 9.50. The number of rotatable bonds is 6. The van der Waals surface area contributed by atoms with E-state index in [9.17, 15) is 4.79 Å². The van der Waals surface area contributed by atoms with Gasteiger partial charge in [-0.3, -0.25) is 9.78 Å². The molecule has 0 fully saturated rings. The third-order valence-corrected chi connectivity index (χ3v) is 4.35. The van der Waals surface area contributed by atoms with Crippen LogP contribution in [0.15, 0.2) is 65.3 Å². The smallest absolute Gasteiger partial charge is 0.255 e. The lowest BCUT2D eigenvalue weighted by Gasteiger charge is -2.13. The highest BCUT2D eigenvalue weighted by molar-refractivity contribution is 6.05. The van der Waals surface area contributed by atoms with Crippen molar-refractivity contribution in [2.75, 3.05) is 12.4 Å². The standard InChI is InChI=1S/C23H21N3O4/c1-14(2)29-17-6-4-5-15(11-17)22(27)25-18-12-16(7-8-20(18)28-3)23-26-19-13-24-10-9-21(19)30-23/h4-14H,1-3H3,(H,25,27). The highest BCUT2D eigenvalue weighted by atomic mass is 16.5. The number of oxazole rings is 1. The maximum atomic E-state index is 12.8. The number of benzene rings is 2. The molecule has 4 aromatic rings. The Labute approximate surface area is 173 Å². The second-order valence-electron chi connectivity index (χ2n) is 6.93. The number of carbonyl (C=O) groups is 1. The van der Waals surface area contributed by atoms with Crippen LogP contribution in [0, 0.1) is 0 Å². The lowest BCUT2D eigenvalue weighted by Crippen LogP contribution is -2.13. The third-order valence-electron chi connectivity index (χ3n) is 4.35. The number of fused-ring (bicyclic) bond motifs is 1. The summed E-state index contributed by atoms with van der Waals surface area (Å²) in [6, 6.07) is 14.1. The minimum absolute atomic E-state index is 0.0200. The van der Waals surface area contributed by atoms with Crippen LogP contribution in [0.25, 0.3) is 22.6 Å². The van der Waals surface area contributed by atoms with Crippen LogP contribution in [0.3, 0.4) is 0 Å². The average Bonchev–Trinajstić information content (AvgIpc) is 3.18. The molecule has 1 amide bonds. The number of aromatic nitrogens is 2. The summed E-state index contributed by atoms with van der Waals surface area (Å²) in [7, 11) is 1.55. The van der Waals surface area contributed by atoms with Crippen molar-refractivity contribution >= 4 is 22.7 Å². The molecule has 2 aromatic carbocycles. The van der Waals surface area contributed by atoms with E-state index in [1.54, 1.807) is 55.9 Å². The van der Waals surface area contributed by atoms with E-state index in [1.807, 2.05) is 26.0 Å². The number of carbonyl (C=O) groups excluding carboxylic acids is 1. The van der Waals surface area contributed by atoms with Crippen LogP contribution >= 0.6 is 0 Å². The van der Waals surface area contributed by atoms with Gasteiger partial charge in [0.05, 0.1) is 25.1 Å². The SMILES string of the molecule is COc1ccc(-c2nc3cnccc3o2)cc1NC(=O)c1cccc(OC(C)C)c1. The first kappa shape index (κ1) is 19.4. The molecule has 0 radical (unpaired) electrons. The molecular formula is C23H21N3O4. The van der Waals surface area contributed by atoms with Crippen LogP contribution in [0.5, 0.6) is 11.5 Å². The van der Waals surface area contributed by atoms with Gasteiger partial charge in [-0.05, 0) is 50.2 Å². The van der Waals surface area contributed by atoms with Gasteiger partial charge in [0.15, 0.2) is 5.58 Å². The van der Waals surface area contributed by atoms with E-state index in [0.717, 1.165) is 0 Å². The number of ether oxygens (including phenoxy) is 2. The van der Waals surface area contributed by atoms with E-state index in [4.69, 9.17) is 13.9 Å². The fraction of sp³-hybridized carbons (Fsp3) is 0.174. The summed E-state index contributed by atoms with van der Waals surface area (Å²) in [5, 5.41) is 2.90. The van der Waals surface area contributed by atoms with Crippen LogP contribution in [-0.4, -0.2) is 29.1 Å². The Morgan fingerprint density at radius 1 is 1.13 bits per heavy atom. The van der Waals surface area contributed by atoms with Crippen LogP contribution in [0.1, 0.15) is 24.2 Å². The minimum atomic E-state index is -0.276. The number of nitrogens with one attached hydrogen (secondary N) is 1. The Balaban J connectivity index is 1.63. The molecule has 0 aliphatic rings. The number of hydrogen-bond donors (Lipinski definition) is 1. The van der Waals surface area contributed by atoms with Gasteiger partial charge in [0, 0.05) is 23.4 Å². The zero-order valence-electron chi connectivity index (χ0n) is 16.9. The van der Waals surface area contributed by atoms with Crippen molar-refractivity contribution in [1.29, 1.82) is 0 Å². The van der Waals surface area contributed by atoms with Gasteiger partial charge in [0.25, 0.3) is 5.91 Å². The Kier molecular flexibility index (Phi) is 5.34. The van der Waals surface area contributed by atoms with Crippen molar-refractivity contribution in [2.24, 2.45) is 0 Å². The van der Waals surface area contributed by atoms with Crippen molar-refractivity contribution in [3.8, 4) is 23.0 Å².